The van der Waals surface area contributed by atoms with Crippen molar-refractivity contribution in [1.29, 1.82) is 0 Å². The molecule has 1 aliphatic heterocycles. The number of halogens is 2. The molecule has 6 heteroatoms. The van der Waals surface area contributed by atoms with E-state index in [4.69, 9.17) is 11.6 Å². The molecular weight excluding hydrogens is 318 g/mol. The minimum Gasteiger partial charge on any atom is -0.341 e. The fourth-order valence-corrected chi connectivity index (χ4v) is 2.61. The number of hydrogen-bond acceptors (Lipinski definition) is 2. The van der Waals surface area contributed by atoms with E-state index in [1.165, 1.54) is 0 Å². The molecule has 0 aliphatic carbocycles. The van der Waals surface area contributed by atoms with Crippen molar-refractivity contribution >= 4 is 44.5 Å². The molecule has 1 aliphatic rings. The molecule has 0 unspecified atom stereocenters. The van der Waals surface area contributed by atoms with Gasteiger partial charge in [0.15, 0.2) is 0 Å². The molecule has 2 aromatic rings. The number of carbonyl (C=O) groups is 1. The first-order valence-corrected chi connectivity index (χ1v) is 6.91. The monoisotopic (exact) mass is 327 g/mol. The number of imidazole rings is 1. The summed E-state index contributed by atoms with van der Waals surface area (Å²) in [5.74, 6) is 0.0995. The number of benzene rings is 1. The first kappa shape index (κ1) is 12.0. The van der Waals surface area contributed by atoms with Gasteiger partial charge in [-0.1, -0.05) is 15.9 Å². The SMILES string of the molecule is O=C(Cn1c(Cl)nc2ccc(Br)cc21)N1CCC1. The van der Waals surface area contributed by atoms with Gasteiger partial charge >= 0.3 is 0 Å². The molecule has 18 heavy (non-hydrogen) atoms. The van der Waals surface area contributed by atoms with Gasteiger partial charge in [-0.15, -0.1) is 0 Å². The zero-order valence-corrected chi connectivity index (χ0v) is 11.9. The quantitative estimate of drug-likeness (QED) is 0.850. The van der Waals surface area contributed by atoms with Crippen LogP contribution in [0.3, 0.4) is 0 Å². The topological polar surface area (TPSA) is 38.1 Å². The minimum atomic E-state index is 0.0995. The van der Waals surface area contributed by atoms with Gasteiger partial charge in [0.1, 0.15) is 6.54 Å². The van der Waals surface area contributed by atoms with E-state index < -0.39 is 0 Å². The molecule has 1 aromatic carbocycles. The summed E-state index contributed by atoms with van der Waals surface area (Å²) in [7, 11) is 0. The Labute approximate surface area is 118 Å². The second-order valence-electron chi connectivity index (χ2n) is 4.33. The first-order chi connectivity index (χ1) is 8.65. The van der Waals surface area contributed by atoms with Crippen molar-refractivity contribution in [3.63, 3.8) is 0 Å². The maximum atomic E-state index is 12.0. The smallest absolute Gasteiger partial charge is 0.242 e. The summed E-state index contributed by atoms with van der Waals surface area (Å²) in [4.78, 5) is 18.1. The maximum absolute atomic E-state index is 12.0. The average molecular weight is 329 g/mol. The lowest BCUT2D eigenvalue weighted by Gasteiger charge is -2.31. The van der Waals surface area contributed by atoms with Crippen LogP contribution in [-0.2, 0) is 11.3 Å². The number of fused-ring (bicyclic) bond motifs is 1. The summed E-state index contributed by atoms with van der Waals surface area (Å²) in [5, 5.41) is 0.358. The van der Waals surface area contributed by atoms with Gasteiger partial charge in [0.2, 0.25) is 11.2 Å². The Morgan fingerprint density at radius 3 is 2.89 bits per heavy atom. The molecule has 0 saturated carbocycles. The highest BCUT2D eigenvalue weighted by molar-refractivity contribution is 9.10. The molecule has 3 rings (SSSR count). The number of amides is 1. The highest BCUT2D eigenvalue weighted by atomic mass is 79.9. The average Bonchev–Trinajstić information content (AvgIpc) is 2.53. The van der Waals surface area contributed by atoms with Gasteiger partial charge in [-0.25, -0.2) is 4.98 Å². The van der Waals surface area contributed by atoms with Gasteiger partial charge < -0.3 is 9.47 Å². The molecule has 1 fully saturated rings. The van der Waals surface area contributed by atoms with E-state index in [0.717, 1.165) is 35.0 Å². The zero-order valence-electron chi connectivity index (χ0n) is 9.57. The lowest BCUT2D eigenvalue weighted by Crippen LogP contribution is -2.43. The summed E-state index contributed by atoms with van der Waals surface area (Å²) < 4.78 is 2.70. The van der Waals surface area contributed by atoms with Crippen LogP contribution in [0.2, 0.25) is 5.28 Å². The van der Waals surface area contributed by atoms with Gasteiger partial charge in [-0.2, -0.15) is 0 Å². The lowest BCUT2D eigenvalue weighted by atomic mass is 10.2. The molecule has 0 atom stereocenters. The van der Waals surface area contributed by atoms with Crippen LogP contribution in [0.1, 0.15) is 6.42 Å². The van der Waals surface area contributed by atoms with Crippen LogP contribution in [0.4, 0.5) is 0 Å². The van der Waals surface area contributed by atoms with E-state index in [1.54, 1.807) is 4.57 Å². The summed E-state index contributed by atoms with van der Waals surface area (Å²) in [6, 6.07) is 5.72. The predicted molar refractivity (Wildman–Crippen MR) is 73.6 cm³/mol. The van der Waals surface area contributed by atoms with Crippen molar-refractivity contribution in [2.24, 2.45) is 0 Å². The standard InChI is InChI=1S/C12H11BrClN3O/c13-8-2-3-9-10(6-8)17(12(14)15-9)7-11(18)16-4-1-5-16/h2-3,6H,1,4-5,7H2. The van der Waals surface area contributed by atoms with E-state index >= 15 is 0 Å². The minimum absolute atomic E-state index is 0.0995. The van der Waals surface area contributed by atoms with Crippen molar-refractivity contribution in [1.82, 2.24) is 14.5 Å². The third-order valence-corrected chi connectivity index (χ3v) is 3.95. The fourth-order valence-electron chi connectivity index (χ4n) is 2.02. The van der Waals surface area contributed by atoms with E-state index in [1.807, 2.05) is 23.1 Å². The summed E-state index contributed by atoms with van der Waals surface area (Å²) in [5.41, 5.74) is 1.68. The van der Waals surface area contributed by atoms with Crippen molar-refractivity contribution in [2.75, 3.05) is 13.1 Å². The lowest BCUT2D eigenvalue weighted by molar-refractivity contribution is -0.135. The van der Waals surface area contributed by atoms with E-state index in [9.17, 15) is 4.79 Å². The van der Waals surface area contributed by atoms with Gasteiger partial charge in [-0.3, -0.25) is 4.79 Å². The van der Waals surface area contributed by atoms with Gasteiger partial charge in [0.25, 0.3) is 0 Å². The highest BCUT2D eigenvalue weighted by Crippen LogP contribution is 2.24. The van der Waals surface area contributed by atoms with Gasteiger partial charge in [-0.05, 0) is 36.2 Å². The van der Waals surface area contributed by atoms with Crippen LogP contribution in [0, 0.1) is 0 Å². The summed E-state index contributed by atoms with van der Waals surface area (Å²) in [6.07, 6.45) is 1.09. The normalized spacial score (nSPS) is 14.9. The molecule has 0 bridgehead atoms. The van der Waals surface area contributed by atoms with Crippen molar-refractivity contribution in [2.45, 2.75) is 13.0 Å². The second kappa shape index (κ2) is 4.55. The van der Waals surface area contributed by atoms with Crippen LogP contribution in [0.15, 0.2) is 22.7 Å². The predicted octanol–water partition coefficient (Wildman–Crippen LogP) is 2.68. The van der Waals surface area contributed by atoms with E-state index in [2.05, 4.69) is 20.9 Å². The number of carbonyl (C=O) groups excluding carboxylic acids is 1. The highest BCUT2D eigenvalue weighted by Gasteiger charge is 2.22. The van der Waals surface area contributed by atoms with E-state index in [0.29, 0.717) is 5.28 Å². The molecule has 4 nitrogen and oxygen atoms in total. The van der Waals surface area contributed by atoms with Crippen molar-refractivity contribution in [3.8, 4) is 0 Å². The molecule has 1 aromatic heterocycles. The summed E-state index contributed by atoms with van der Waals surface area (Å²) >= 11 is 9.51. The van der Waals surface area contributed by atoms with Crippen LogP contribution in [0.25, 0.3) is 11.0 Å². The number of aromatic nitrogens is 2. The molecule has 2 heterocycles. The third-order valence-electron chi connectivity index (χ3n) is 3.17. The number of hydrogen-bond donors (Lipinski definition) is 0. The Morgan fingerprint density at radius 2 is 2.22 bits per heavy atom. The second-order valence-corrected chi connectivity index (χ2v) is 5.59. The molecule has 94 valence electrons. The largest absolute Gasteiger partial charge is 0.341 e. The van der Waals surface area contributed by atoms with Crippen molar-refractivity contribution in [3.05, 3.63) is 28.0 Å². The first-order valence-electron chi connectivity index (χ1n) is 5.74. The van der Waals surface area contributed by atoms with Crippen LogP contribution in [-0.4, -0.2) is 33.4 Å². The Morgan fingerprint density at radius 1 is 1.44 bits per heavy atom. The maximum Gasteiger partial charge on any atom is 0.242 e. The summed E-state index contributed by atoms with van der Waals surface area (Å²) in [6.45, 7) is 1.96. The fraction of sp³-hybridized carbons (Fsp3) is 0.333. The molecule has 0 radical (unpaired) electrons. The van der Waals surface area contributed by atoms with Gasteiger partial charge in [0.05, 0.1) is 11.0 Å². The third kappa shape index (κ3) is 2.01. The number of rotatable bonds is 2. The number of nitrogens with zero attached hydrogens (tertiary/aromatic N) is 3. The molecular formula is C12H11BrClN3O. The van der Waals surface area contributed by atoms with Crippen LogP contribution < -0.4 is 0 Å². The van der Waals surface area contributed by atoms with Crippen LogP contribution in [0.5, 0.6) is 0 Å². The zero-order chi connectivity index (χ0) is 12.7. The molecule has 0 spiro atoms. The Hall–Kier alpha value is -1.07. The Balaban J connectivity index is 1.97. The molecule has 0 N–H and O–H groups in total. The molecule has 1 amide bonds. The Bertz CT molecular complexity index is 621. The molecule has 1 saturated heterocycles. The van der Waals surface area contributed by atoms with Crippen LogP contribution >= 0.6 is 27.5 Å². The Kier molecular flexibility index (Phi) is 3.03. The van der Waals surface area contributed by atoms with E-state index in [-0.39, 0.29) is 12.5 Å². The van der Waals surface area contributed by atoms with Crippen molar-refractivity contribution < 1.29 is 4.79 Å². The number of likely N-dealkylation sites (tertiary alicyclic amines) is 1. The van der Waals surface area contributed by atoms with Gasteiger partial charge in [0, 0.05) is 17.6 Å².